The van der Waals surface area contributed by atoms with Gasteiger partial charge in [-0.25, -0.2) is 4.39 Å². The summed E-state index contributed by atoms with van der Waals surface area (Å²) in [5.74, 6) is -0.183. The maximum absolute atomic E-state index is 13.4. The number of hydrogen-bond donors (Lipinski definition) is 1. The van der Waals surface area contributed by atoms with E-state index in [4.69, 9.17) is 0 Å². The van der Waals surface area contributed by atoms with Gasteiger partial charge >= 0.3 is 0 Å². The van der Waals surface area contributed by atoms with Crippen LogP contribution < -0.4 is 4.90 Å². The van der Waals surface area contributed by atoms with Crippen molar-refractivity contribution in [1.82, 2.24) is 4.90 Å². The van der Waals surface area contributed by atoms with E-state index in [-0.39, 0.29) is 31.4 Å². The molecule has 1 aromatic carbocycles. The molecule has 2 saturated heterocycles. The molecule has 2 heterocycles. The molecule has 2 atom stereocenters. The Bertz CT molecular complexity index is 575. The first-order chi connectivity index (χ1) is 10.6. The Kier molecular flexibility index (Phi) is 4.11. The van der Waals surface area contributed by atoms with Crippen LogP contribution in [0, 0.1) is 0 Å². The molecule has 3 rings (SSSR count). The summed E-state index contributed by atoms with van der Waals surface area (Å²) in [6.45, 7) is 0.497. The number of alkyl halides is 1. The SMILES string of the molecule is O=C1CCCN1c1ccc(C(=O)N2C[C@@H](F)C[C@H]2CO)cc1. The third-order valence-corrected chi connectivity index (χ3v) is 4.33. The van der Waals surface area contributed by atoms with Crippen molar-refractivity contribution in [1.29, 1.82) is 0 Å². The van der Waals surface area contributed by atoms with Gasteiger partial charge in [0.25, 0.3) is 5.91 Å². The maximum Gasteiger partial charge on any atom is 0.254 e. The Morgan fingerprint density at radius 3 is 2.64 bits per heavy atom. The lowest BCUT2D eigenvalue weighted by atomic mass is 10.1. The molecule has 0 radical (unpaired) electrons. The average molecular weight is 306 g/mol. The second-order valence-corrected chi connectivity index (χ2v) is 5.82. The van der Waals surface area contributed by atoms with Gasteiger partial charge in [0.15, 0.2) is 0 Å². The van der Waals surface area contributed by atoms with E-state index in [0.717, 1.165) is 12.1 Å². The number of benzene rings is 1. The summed E-state index contributed by atoms with van der Waals surface area (Å²) in [6.07, 6.45) is 0.513. The van der Waals surface area contributed by atoms with Crippen LogP contribution in [0.2, 0.25) is 0 Å². The third kappa shape index (κ3) is 2.70. The number of aliphatic hydroxyl groups excluding tert-OH is 1. The summed E-state index contributed by atoms with van der Waals surface area (Å²) in [5.41, 5.74) is 1.23. The van der Waals surface area contributed by atoms with E-state index in [1.807, 2.05) is 0 Å². The van der Waals surface area contributed by atoms with Crippen molar-refractivity contribution in [2.45, 2.75) is 31.5 Å². The summed E-state index contributed by atoms with van der Waals surface area (Å²) in [4.78, 5) is 27.2. The van der Waals surface area contributed by atoms with Crippen LogP contribution in [0.15, 0.2) is 24.3 Å². The fourth-order valence-electron chi connectivity index (χ4n) is 3.15. The minimum Gasteiger partial charge on any atom is -0.394 e. The summed E-state index contributed by atoms with van der Waals surface area (Å²) in [7, 11) is 0. The Morgan fingerprint density at radius 1 is 1.32 bits per heavy atom. The first-order valence-electron chi connectivity index (χ1n) is 7.56. The van der Waals surface area contributed by atoms with Crippen LogP contribution in [0.1, 0.15) is 29.6 Å². The van der Waals surface area contributed by atoms with Crippen LogP contribution in [0.4, 0.5) is 10.1 Å². The molecule has 1 aromatic rings. The summed E-state index contributed by atoms with van der Waals surface area (Å²) in [5, 5.41) is 9.26. The third-order valence-electron chi connectivity index (χ3n) is 4.33. The van der Waals surface area contributed by atoms with Crippen molar-refractivity contribution < 1.29 is 19.1 Å². The molecule has 2 fully saturated rings. The molecule has 6 heteroatoms. The molecule has 1 N–H and O–H groups in total. The topological polar surface area (TPSA) is 60.9 Å². The molecular weight excluding hydrogens is 287 g/mol. The van der Waals surface area contributed by atoms with Gasteiger partial charge in [0, 0.05) is 30.6 Å². The predicted octanol–water partition coefficient (Wildman–Crippen LogP) is 1.36. The van der Waals surface area contributed by atoms with Crippen molar-refractivity contribution in [2.75, 3.05) is 24.6 Å². The van der Waals surface area contributed by atoms with Crippen LogP contribution in [0.5, 0.6) is 0 Å². The lowest BCUT2D eigenvalue weighted by molar-refractivity contribution is -0.117. The first-order valence-corrected chi connectivity index (χ1v) is 7.56. The molecule has 0 bridgehead atoms. The summed E-state index contributed by atoms with van der Waals surface area (Å²) < 4.78 is 13.4. The van der Waals surface area contributed by atoms with Gasteiger partial charge in [-0.1, -0.05) is 0 Å². The van der Waals surface area contributed by atoms with E-state index < -0.39 is 12.2 Å². The number of halogens is 1. The largest absolute Gasteiger partial charge is 0.394 e. The molecule has 22 heavy (non-hydrogen) atoms. The summed E-state index contributed by atoms with van der Waals surface area (Å²) in [6, 6.07) is 6.34. The van der Waals surface area contributed by atoms with Crippen molar-refractivity contribution in [3.05, 3.63) is 29.8 Å². The van der Waals surface area contributed by atoms with E-state index in [0.29, 0.717) is 18.5 Å². The Balaban J connectivity index is 1.75. The molecule has 2 aliphatic rings. The van der Waals surface area contributed by atoms with Gasteiger partial charge in [0.2, 0.25) is 5.91 Å². The average Bonchev–Trinajstić information content (AvgIpc) is 3.12. The van der Waals surface area contributed by atoms with Gasteiger partial charge in [-0.3, -0.25) is 9.59 Å². The Morgan fingerprint density at radius 2 is 2.05 bits per heavy atom. The van der Waals surface area contributed by atoms with Crippen LogP contribution in [-0.2, 0) is 4.79 Å². The number of carbonyl (C=O) groups excluding carboxylic acids is 2. The fourth-order valence-corrected chi connectivity index (χ4v) is 3.15. The van der Waals surface area contributed by atoms with Gasteiger partial charge in [-0.2, -0.15) is 0 Å². The number of anilines is 1. The van der Waals surface area contributed by atoms with Crippen LogP contribution >= 0.6 is 0 Å². The zero-order valence-electron chi connectivity index (χ0n) is 12.2. The molecular formula is C16H19FN2O3. The zero-order valence-corrected chi connectivity index (χ0v) is 12.2. The second kappa shape index (κ2) is 6.04. The predicted molar refractivity (Wildman–Crippen MR) is 79.5 cm³/mol. The van der Waals surface area contributed by atoms with Crippen molar-refractivity contribution >= 4 is 17.5 Å². The minimum atomic E-state index is -1.08. The van der Waals surface area contributed by atoms with E-state index in [2.05, 4.69) is 0 Å². The van der Waals surface area contributed by atoms with Gasteiger partial charge < -0.3 is 14.9 Å². The maximum atomic E-state index is 13.4. The van der Waals surface area contributed by atoms with E-state index in [1.54, 1.807) is 29.2 Å². The van der Waals surface area contributed by atoms with E-state index in [1.165, 1.54) is 4.90 Å². The number of likely N-dealkylation sites (tertiary alicyclic amines) is 1. The van der Waals surface area contributed by atoms with E-state index >= 15 is 0 Å². The van der Waals surface area contributed by atoms with Gasteiger partial charge in [0.1, 0.15) is 6.17 Å². The highest BCUT2D eigenvalue weighted by Gasteiger charge is 2.35. The number of rotatable bonds is 3. The minimum absolute atomic E-state index is 0.0242. The van der Waals surface area contributed by atoms with Crippen molar-refractivity contribution in [2.24, 2.45) is 0 Å². The second-order valence-electron chi connectivity index (χ2n) is 5.82. The molecule has 0 spiro atoms. The molecule has 0 aliphatic carbocycles. The molecule has 2 amide bonds. The smallest absolute Gasteiger partial charge is 0.254 e. The van der Waals surface area contributed by atoms with E-state index in [9.17, 15) is 19.1 Å². The highest BCUT2D eigenvalue weighted by Crippen LogP contribution is 2.25. The van der Waals surface area contributed by atoms with Gasteiger partial charge in [-0.05, 0) is 30.7 Å². The molecule has 5 nitrogen and oxygen atoms in total. The number of nitrogens with zero attached hydrogens (tertiary/aromatic N) is 2. The number of aliphatic hydroxyl groups is 1. The molecule has 2 aliphatic heterocycles. The van der Waals surface area contributed by atoms with Gasteiger partial charge in [-0.15, -0.1) is 0 Å². The van der Waals surface area contributed by atoms with Crippen LogP contribution in [-0.4, -0.2) is 53.7 Å². The van der Waals surface area contributed by atoms with Crippen molar-refractivity contribution in [3.8, 4) is 0 Å². The number of carbonyl (C=O) groups is 2. The highest BCUT2D eigenvalue weighted by molar-refractivity contribution is 5.97. The lowest BCUT2D eigenvalue weighted by Crippen LogP contribution is -2.37. The Labute approximate surface area is 128 Å². The lowest BCUT2D eigenvalue weighted by Gasteiger charge is -2.23. The standard InChI is InChI=1S/C16H19FN2O3/c17-12-8-14(10-20)19(9-12)16(22)11-3-5-13(6-4-11)18-7-1-2-15(18)21/h3-6,12,14,20H,1-2,7-10H2/t12-,14-/m0/s1. The number of amides is 2. The molecule has 0 aromatic heterocycles. The molecule has 118 valence electrons. The Hall–Kier alpha value is -1.95. The fraction of sp³-hybridized carbons (Fsp3) is 0.500. The van der Waals surface area contributed by atoms with Crippen molar-refractivity contribution in [3.63, 3.8) is 0 Å². The van der Waals surface area contributed by atoms with Crippen LogP contribution in [0.3, 0.4) is 0 Å². The highest BCUT2D eigenvalue weighted by atomic mass is 19.1. The van der Waals surface area contributed by atoms with Crippen LogP contribution in [0.25, 0.3) is 0 Å². The van der Waals surface area contributed by atoms with Gasteiger partial charge in [0.05, 0.1) is 19.2 Å². The normalized spacial score (nSPS) is 25.1. The quantitative estimate of drug-likeness (QED) is 0.917. The monoisotopic (exact) mass is 306 g/mol. The molecule has 0 unspecified atom stereocenters. The first kappa shape index (κ1) is 15.0. The molecule has 0 saturated carbocycles. The summed E-state index contributed by atoms with van der Waals surface area (Å²) >= 11 is 0. The number of hydrogen-bond acceptors (Lipinski definition) is 3. The zero-order chi connectivity index (χ0) is 15.7.